The molecule has 3 N–H and O–H groups in total. The molecule has 0 fully saturated rings. The third-order valence-corrected chi connectivity index (χ3v) is 3.09. The average molecular weight is 357 g/mol. The van der Waals surface area contributed by atoms with E-state index in [1.54, 1.807) is 0 Å². The van der Waals surface area contributed by atoms with E-state index in [0.29, 0.717) is 6.54 Å². The second-order valence-corrected chi connectivity index (χ2v) is 5.15. The predicted molar refractivity (Wildman–Crippen MR) is 84.4 cm³/mol. The number of carbonyl (C=O) groups excluding carboxylic acids is 1. The van der Waals surface area contributed by atoms with Crippen molar-refractivity contribution < 1.29 is 18.0 Å². The summed E-state index contributed by atoms with van der Waals surface area (Å²) in [5, 5.41) is 6.34. The zero-order valence-corrected chi connectivity index (χ0v) is 13.1. The lowest BCUT2D eigenvalue weighted by atomic mass is 10.2. The number of hydrogen-bond donors (Lipinski definition) is 3. The second kappa shape index (κ2) is 7.77. The smallest absolute Gasteiger partial charge is 0.357 e. The number of thiocarbonyl (C=S) groups is 1. The van der Waals surface area contributed by atoms with Gasteiger partial charge in [0.1, 0.15) is 6.54 Å². The Balaban J connectivity index is 1.72. The number of nitrogens with one attached hydrogen (secondary N) is 3. The molecule has 10 heteroatoms. The van der Waals surface area contributed by atoms with Crippen molar-refractivity contribution in [1.82, 2.24) is 25.9 Å². The highest BCUT2D eigenvalue weighted by Gasteiger charge is 2.33. The number of hydrogen-bond acceptors (Lipinski definition) is 3. The number of amides is 1. The first-order valence-electron chi connectivity index (χ1n) is 6.82. The SMILES string of the molecule is O=C(Cn1ccc(C(F)(F)F)n1)NNC(=S)NCc1ccccc1. The molecular formula is C14H14F3N5OS. The number of halogens is 3. The van der Waals surface area contributed by atoms with Gasteiger partial charge in [-0.25, -0.2) is 0 Å². The van der Waals surface area contributed by atoms with E-state index in [-0.39, 0.29) is 11.7 Å². The van der Waals surface area contributed by atoms with Gasteiger partial charge in [-0.3, -0.25) is 20.3 Å². The summed E-state index contributed by atoms with van der Waals surface area (Å²) in [6, 6.07) is 10.3. The van der Waals surface area contributed by atoms with Crippen LogP contribution in [0.15, 0.2) is 42.6 Å². The van der Waals surface area contributed by atoms with E-state index in [1.165, 1.54) is 0 Å². The minimum Gasteiger partial charge on any atom is -0.357 e. The number of rotatable bonds is 4. The van der Waals surface area contributed by atoms with Crippen molar-refractivity contribution in [1.29, 1.82) is 0 Å². The molecule has 0 saturated carbocycles. The van der Waals surface area contributed by atoms with Crippen LogP contribution in [0, 0.1) is 0 Å². The van der Waals surface area contributed by atoms with Crippen LogP contribution in [0.4, 0.5) is 13.2 Å². The minimum absolute atomic E-state index is 0.184. The van der Waals surface area contributed by atoms with Crippen molar-refractivity contribution in [2.45, 2.75) is 19.3 Å². The van der Waals surface area contributed by atoms with Gasteiger partial charge in [-0.2, -0.15) is 18.3 Å². The van der Waals surface area contributed by atoms with Crippen molar-refractivity contribution in [3.63, 3.8) is 0 Å². The van der Waals surface area contributed by atoms with Crippen molar-refractivity contribution in [3.8, 4) is 0 Å². The van der Waals surface area contributed by atoms with E-state index in [1.807, 2.05) is 30.3 Å². The lowest BCUT2D eigenvalue weighted by molar-refractivity contribution is -0.141. The Kier molecular flexibility index (Phi) is 5.74. The molecule has 1 amide bonds. The van der Waals surface area contributed by atoms with Crippen LogP contribution in [0.2, 0.25) is 0 Å². The first-order chi connectivity index (χ1) is 11.3. The van der Waals surface area contributed by atoms with Gasteiger partial charge < -0.3 is 5.32 Å². The van der Waals surface area contributed by atoms with Crippen molar-refractivity contribution in [2.24, 2.45) is 0 Å². The molecule has 0 aliphatic rings. The molecule has 2 rings (SSSR count). The normalized spacial score (nSPS) is 11.0. The topological polar surface area (TPSA) is 71.0 Å². The number of carbonyl (C=O) groups is 1. The van der Waals surface area contributed by atoms with Crippen molar-refractivity contribution >= 4 is 23.2 Å². The molecule has 1 heterocycles. The molecule has 0 aliphatic carbocycles. The highest BCUT2D eigenvalue weighted by Crippen LogP contribution is 2.27. The molecule has 128 valence electrons. The summed E-state index contributed by atoms with van der Waals surface area (Å²) in [6.45, 7) is 0.0982. The monoisotopic (exact) mass is 357 g/mol. The maximum atomic E-state index is 12.4. The Hall–Kier alpha value is -2.62. The molecule has 24 heavy (non-hydrogen) atoms. The fourth-order valence-corrected chi connectivity index (χ4v) is 1.86. The predicted octanol–water partition coefficient (Wildman–Crippen LogP) is 1.60. The van der Waals surface area contributed by atoms with Crippen LogP contribution in [0.3, 0.4) is 0 Å². The Morgan fingerprint density at radius 1 is 1.17 bits per heavy atom. The summed E-state index contributed by atoms with van der Waals surface area (Å²) in [5.74, 6) is -0.587. The lowest BCUT2D eigenvalue weighted by Crippen LogP contribution is -2.47. The molecule has 6 nitrogen and oxygen atoms in total. The van der Waals surface area contributed by atoms with Gasteiger partial charge in [0.15, 0.2) is 10.8 Å². The van der Waals surface area contributed by atoms with Crippen LogP contribution in [0.25, 0.3) is 0 Å². The number of benzene rings is 1. The third-order valence-electron chi connectivity index (χ3n) is 2.85. The number of aromatic nitrogens is 2. The molecule has 0 bridgehead atoms. The zero-order valence-electron chi connectivity index (χ0n) is 12.3. The summed E-state index contributed by atoms with van der Waals surface area (Å²) < 4.78 is 38.1. The van der Waals surface area contributed by atoms with Gasteiger partial charge in [-0.05, 0) is 23.8 Å². The molecular weight excluding hydrogens is 343 g/mol. The largest absolute Gasteiger partial charge is 0.435 e. The molecule has 0 aliphatic heterocycles. The summed E-state index contributed by atoms with van der Waals surface area (Å²) in [7, 11) is 0. The van der Waals surface area contributed by atoms with Gasteiger partial charge in [0.2, 0.25) is 0 Å². The van der Waals surface area contributed by atoms with Crippen LogP contribution in [0.5, 0.6) is 0 Å². The number of hydrazine groups is 1. The second-order valence-electron chi connectivity index (χ2n) is 4.74. The summed E-state index contributed by atoms with van der Waals surface area (Å²) >= 11 is 4.98. The Morgan fingerprint density at radius 3 is 2.50 bits per heavy atom. The van der Waals surface area contributed by atoms with E-state index < -0.39 is 17.8 Å². The molecule has 1 aromatic carbocycles. The highest BCUT2D eigenvalue weighted by molar-refractivity contribution is 7.80. The maximum Gasteiger partial charge on any atom is 0.435 e. The fraction of sp³-hybridized carbons (Fsp3) is 0.214. The number of alkyl halides is 3. The Labute approximate surface area is 141 Å². The molecule has 0 unspecified atom stereocenters. The van der Waals surface area contributed by atoms with Crippen molar-refractivity contribution in [3.05, 3.63) is 53.9 Å². The number of nitrogens with zero attached hydrogens (tertiary/aromatic N) is 2. The van der Waals surface area contributed by atoms with E-state index in [9.17, 15) is 18.0 Å². The first-order valence-corrected chi connectivity index (χ1v) is 7.22. The summed E-state index contributed by atoms with van der Waals surface area (Å²) in [4.78, 5) is 11.6. The molecule has 0 radical (unpaired) electrons. The minimum atomic E-state index is -4.54. The Bertz CT molecular complexity index is 702. The summed E-state index contributed by atoms with van der Waals surface area (Å²) in [6.07, 6.45) is -3.46. The van der Waals surface area contributed by atoms with E-state index in [4.69, 9.17) is 12.2 Å². The van der Waals surface area contributed by atoms with Crippen LogP contribution in [0.1, 0.15) is 11.3 Å². The van der Waals surface area contributed by atoms with Gasteiger partial charge in [0.05, 0.1) is 0 Å². The summed E-state index contributed by atoms with van der Waals surface area (Å²) in [5.41, 5.74) is 4.70. The van der Waals surface area contributed by atoms with Crippen LogP contribution in [-0.2, 0) is 24.1 Å². The van der Waals surface area contributed by atoms with E-state index in [2.05, 4.69) is 21.3 Å². The van der Waals surface area contributed by atoms with Gasteiger partial charge in [-0.1, -0.05) is 30.3 Å². The van der Waals surface area contributed by atoms with Crippen LogP contribution < -0.4 is 16.2 Å². The lowest BCUT2D eigenvalue weighted by Gasteiger charge is -2.11. The molecule has 0 saturated heterocycles. The van der Waals surface area contributed by atoms with Gasteiger partial charge in [0, 0.05) is 12.7 Å². The van der Waals surface area contributed by atoms with Gasteiger partial charge >= 0.3 is 6.18 Å². The third kappa shape index (κ3) is 5.54. The van der Waals surface area contributed by atoms with E-state index in [0.717, 1.165) is 22.5 Å². The highest BCUT2D eigenvalue weighted by atomic mass is 32.1. The Morgan fingerprint density at radius 2 is 1.88 bits per heavy atom. The maximum absolute atomic E-state index is 12.4. The molecule has 0 spiro atoms. The molecule has 2 aromatic rings. The zero-order chi connectivity index (χ0) is 17.6. The fourth-order valence-electron chi connectivity index (χ4n) is 1.74. The quantitative estimate of drug-likeness (QED) is 0.573. The van der Waals surface area contributed by atoms with E-state index >= 15 is 0 Å². The van der Waals surface area contributed by atoms with Crippen LogP contribution in [-0.4, -0.2) is 20.8 Å². The molecule has 1 aromatic heterocycles. The molecule has 0 atom stereocenters. The van der Waals surface area contributed by atoms with Crippen LogP contribution >= 0.6 is 12.2 Å². The average Bonchev–Trinajstić information content (AvgIpc) is 3.00. The standard InChI is InChI=1S/C14H14F3N5OS/c15-14(16,17)11-6-7-22(21-11)9-12(23)19-20-13(24)18-8-10-4-2-1-3-5-10/h1-7H,8-9H2,(H,19,23)(H2,18,20,24). The van der Waals surface area contributed by atoms with Crippen molar-refractivity contribution in [2.75, 3.05) is 0 Å². The van der Waals surface area contributed by atoms with Gasteiger partial charge in [0.25, 0.3) is 5.91 Å². The first kappa shape index (κ1) is 17.7. The van der Waals surface area contributed by atoms with Gasteiger partial charge in [-0.15, -0.1) is 0 Å².